The second-order valence-electron chi connectivity index (χ2n) is 4.50. The van der Waals surface area contributed by atoms with Crippen molar-refractivity contribution in [2.24, 2.45) is 5.92 Å². The Morgan fingerprint density at radius 2 is 2.29 bits per heavy atom. The van der Waals surface area contributed by atoms with Gasteiger partial charge in [0.15, 0.2) is 0 Å². The molecule has 4 heteroatoms. The van der Waals surface area contributed by atoms with Crippen molar-refractivity contribution in [2.75, 3.05) is 13.2 Å². The van der Waals surface area contributed by atoms with Crippen LogP contribution in [0.1, 0.15) is 38.8 Å². The first-order chi connectivity index (χ1) is 8.31. The third kappa shape index (κ3) is 4.88. The second-order valence-corrected chi connectivity index (χ2v) is 4.50. The Morgan fingerprint density at radius 3 is 2.94 bits per heavy atom. The number of hydrogen-bond acceptors (Lipinski definition) is 3. The summed E-state index contributed by atoms with van der Waals surface area (Å²) in [6.07, 6.45) is 6.95. The number of aliphatic hydroxyl groups excluding tert-OH is 1. The highest BCUT2D eigenvalue weighted by Crippen LogP contribution is 2.06. The molecule has 0 radical (unpaired) electrons. The molecule has 0 amide bonds. The first-order valence-electron chi connectivity index (χ1n) is 6.62. The van der Waals surface area contributed by atoms with Crippen LogP contribution in [0.3, 0.4) is 0 Å². The van der Waals surface area contributed by atoms with Gasteiger partial charge in [-0.3, -0.25) is 0 Å². The summed E-state index contributed by atoms with van der Waals surface area (Å²) < 4.78 is 2.19. The van der Waals surface area contributed by atoms with Crippen molar-refractivity contribution in [3.8, 4) is 0 Å². The van der Waals surface area contributed by atoms with Crippen molar-refractivity contribution in [3.63, 3.8) is 0 Å². The molecule has 1 aromatic heterocycles. The molecule has 0 saturated heterocycles. The molecular weight excluding hydrogens is 214 g/mol. The summed E-state index contributed by atoms with van der Waals surface area (Å²) in [5.41, 5.74) is 1.24. The van der Waals surface area contributed by atoms with Crippen LogP contribution in [0.2, 0.25) is 0 Å². The normalized spacial score (nSPS) is 12.9. The zero-order chi connectivity index (χ0) is 12.5. The standard InChI is InChI=1S/C13H25N3O/c1-3-6-16-11-15-10-13(16)9-14-8-12(4-2)5-7-17/h10-12,14,17H,3-9H2,1-2H3. The molecule has 1 heterocycles. The maximum atomic E-state index is 8.92. The quantitative estimate of drug-likeness (QED) is 0.691. The molecule has 1 aromatic rings. The Kier molecular flexibility index (Phi) is 6.89. The number of aromatic nitrogens is 2. The van der Waals surface area contributed by atoms with Crippen LogP contribution in [0.25, 0.3) is 0 Å². The van der Waals surface area contributed by atoms with Crippen molar-refractivity contribution in [2.45, 2.75) is 46.2 Å². The second kappa shape index (κ2) is 8.25. The number of imidazole rings is 1. The summed E-state index contributed by atoms with van der Waals surface area (Å²) in [6.45, 7) is 7.49. The lowest BCUT2D eigenvalue weighted by Gasteiger charge is -2.14. The van der Waals surface area contributed by atoms with E-state index in [1.54, 1.807) is 0 Å². The number of hydrogen-bond donors (Lipinski definition) is 2. The van der Waals surface area contributed by atoms with Gasteiger partial charge < -0.3 is 15.0 Å². The first kappa shape index (κ1) is 14.2. The summed E-state index contributed by atoms with van der Waals surface area (Å²) in [5.74, 6) is 0.572. The van der Waals surface area contributed by atoms with Crippen LogP contribution in [-0.4, -0.2) is 27.8 Å². The number of nitrogens with zero attached hydrogens (tertiary/aromatic N) is 2. The zero-order valence-electron chi connectivity index (χ0n) is 11.0. The highest BCUT2D eigenvalue weighted by Gasteiger charge is 2.06. The van der Waals surface area contributed by atoms with Gasteiger partial charge in [-0.25, -0.2) is 4.98 Å². The third-order valence-electron chi connectivity index (χ3n) is 3.12. The summed E-state index contributed by atoms with van der Waals surface area (Å²) in [6, 6.07) is 0. The van der Waals surface area contributed by atoms with Crippen molar-refractivity contribution in [1.29, 1.82) is 0 Å². The number of aryl methyl sites for hydroxylation is 1. The largest absolute Gasteiger partial charge is 0.396 e. The SMILES string of the molecule is CCCn1cncc1CNCC(CC)CCO. The maximum absolute atomic E-state index is 8.92. The van der Waals surface area contributed by atoms with E-state index in [0.717, 1.165) is 38.9 Å². The minimum atomic E-state index is 0.286. The van der Waals surface area contributed by atoms with Gasteiger partial charge in [-0.15, -0.1) is 0 Å². The monoisotopic (exact) mass is 239 g/mol. The fourth-order valence-electron chi connectivity index (χ4n) is 1.98. The van der Waals surface area contributed by atoms with E-state index in [1.165, 1.54) is 5.69 Å². The smallest absolute Gasteiger partial charge is 0.0948 e. The van der Waals surface area contributed by atoms with E-state index in [1.807, 2.05) is 12.5 Å². The fourth-order valence-corrected chi connectivity index (χ4v) is 1.98. The average molecular weight is 239 g/mol. The Labute approximate surface area is 104 Å². The van der Waals surface area contributed by atoms with Crippen LogP contribution in [0.15, 0.2) is 12.5 Å². The molecular formula is C13H25N3O. The lowest BCUT2D eigenvalue weighted by molar-refractivity contribution is 0.251. The molecule has 1 rings (SSSR count). The molecule has 0 aliphatic heterocycles. The predicted molar refractivity (Wildman–Crippen MR) is 69.7 cm³/mol. The van der Waals surface area contributed by atoms with E-state index in [9.17, 15) is 0 Å². The minimum absolute atomic E-state index is 0.286. The fraction of sp³-hybridized carbons (Fsp3) is 0.769. The summed E-state index contributed by atoms with van der Waals surface area (Å²) in [5, 5.41) is 12.4. The van der Waals surface area contributed by atoms with E-state index in [4.69, 9.17) is 5.11 Å². The molecule has 4 nitrogen and oxygen atoms in total. The molecule has 0 spiro atoms. The van der Waals surface area contributed by atoms with E-state index in [-0.39, 0.29) is 6.61 Å². The maximum Gasteiger partial charge on any atom is 0.0948 e. The molecule has 1 unspecified atom stereocenters. The number of aliphatic hydroxyl groups is 1. The Hall–Kier alpha value is -0.870. The number of rotatable bonds is 9. The van der Waals surface area contributed by atoms with E-state index in [2.05, 4.69) is 28.7 Å². The van der Waals surface area contributed by atoms with Crippen molar-refractivity contribution in [1.82, 2.24) is 14.9 Å². The van der Waals surface area contributed by atoms with Gasteiger partial charge in [0.1, 0.15) is 0 Å². The van der Waals surface area contributed by atoms with Gasteiger partial charge in [0.05, 0.1) is 12.0 Å². The van der Waals surface area contributed by atoms with Gasteiger partial charge in [0, 0.05) is 25.9 Å². The first-order valence-corrected chi connectivity index (χ1v) is 6.62. The highest BCUT2D eigenvalue weighted by atomic mass is 16.3. The molecule has 0 aromatic carbocycles. The Bertz CT molecular complexity index is 299. The third-order valence-corrected chi connectivity index (χ3v) is 3.12. The van der Waals surface area contributed by atoms with Crippen LogP contribution in [0, 0.1) is 5.92 Å². The predicted octanol–water partition coefficient (Wildman–Crippen LogP) is 1.79. The molecule has 17 heavy (non-hydrogen) atoms. The molecule has 0 aliphatic rings. The van der Waals surface area contributed by atoms with Crippen molar-refractivity contribution in [3.05, 3.63) is 18.2 Å². The van der Waals surface area contributed by atoms with Crippen LogP contribution < -0.4 is 5.32 Å². The molecule has 0 aliphatic carbocycles. The average Bonchev–Trinajstić information content (AvgIpc) is 2.76. The van der Waals surface area contributed by atoms with Crippen LogP contribution in [-0.2, 0) is 13.1 Å². The summed E-state index contributed by atoms with van der Waals surface area (Å²) in [7, 11) is 0. The molecule has 0 fully saturated rings. The van der Waals surface area contributed by atoms with Gasteiger partial charge in [0.25, 0.3) is 0 Å². The zero-order valence-corrected chi connectivity index (χ0v) is 11.0. The van der Waals surface area contributed by atoms with E-state index >= 15 is 0 Å². The Morgan fingerprint density at radius 1 is 1.47 bits per heavy atom. The molecule has 1 atom stereocenters. The van der Waals surface area contributed by atoms with Crippen LogP contribution >= 0.6 is 0 Å². The molecule has 2 N–H and O–H groups in total. The minimum Gasteiger partial charge on any atom is -0.396 e. The van der Waals surface area contributed by atoms with Gasteiger partial charge in [-0.1, -0.05) is 20.3 Å². The van der Waals surface area contributed by atoms with Crippen molar-refractivity contribution < 1.29 is 5.11 Å². The number of nitrogens with one attached hydrogen (secondary N) is 1. The van der Waals surface area contributed by atoms with Gasteiger partial charge in [-0.05, 0) is 25.3 Å². The van der Waals surface area contributed by atoms with Crippen LogP contribution in [0.4, 0.5) is 0 Å². The van der Waals surface area contributed by atoms with E-state index < -0.39 is 0 Å². The lowest BCUT2D eigenvalue weighted by atomic mass is 10.0. The Balaban J connectivity index is 2.31. The van der Waals surface area contributed by atoms with Gasteiger partial charge in [0.2, 0.25) is 0 Å². The molecule has 98 valence electrons. The lowest BCUT2D eigenvalue weighted by Crippen LogP contribution is -2.24. The summed E-state index contributed by atoms with van der Waals surface area (Å²) >= 11 is 0. The van der Waals surface area contributed by atoms with Crippen molar-refractivity contribution >= 4 is 0 Å². The van der Waals surface area contributed by atoms with Gasteiger partial charge in [-0.2, -0.15) is 0 Å². The molecule has 0 saturated carbocycles. The summed E-state index contributed by atoms with van der Waals surface area (Å²) in [4.78, 5) is 4.18. The van der Waals surface area contributed by atoms with E-state index in [0.29, 0.717) is 5.92 Å². The molecule has 0 bridgehead atoms. The highest BCUT2D eigenvalue weighted by molar-refractivity contribution is 4.97. The van der Waals surface area contributed by atoms with Crippen LogP contribution in [0.5, 0.6) is 0 Å². The van der Waals surface area contributed by atoms with Gasteiger partial charge >= 0.3 is 0 Å². The topological polar surface area (TPSA) is 50.1 Å².